The average Bonchev–Trinajstić information content (AvgIpc) is 3.21. The van der Waals surface area contributed by atoms with Crippen molar-refractivity contribution >= 4 is 24.7 Å². The second-order valence-corrected chi connectivity index (χ2v) is 7.31. The number of carboxylic acid groups (broad SMARTS) is 1. The van der Waals surface area contributed by atoms with Crippen molar-refractivity contribution in [2.75, 3.05) is 7.11 Å². The van der Waals surface area contributed by atoms with Crippen LogP contribution < -0.4 is 4.74 Å². The Kier molecular flexibility index (Phi) is 4.44. The van der Waals surface area contributed by atoms with Gasteiger partial charge in [-0.05, 0) is 55.3 Å². The number of allylic oxidation sites excluding steroid dienone is 2. The molecule has 4 rings (SSSR count). The van der Waals surface area contributed by atoms with Gasteiger partial charge in [0, 0.05) is 42.0 Å². The second kappa shape index (κ2) is 6.72. The highest BCUT2D eigenvalue weighted by Crippen LogP contribution is 2.40. The van der Waals surface area contributed by atoms with Gasteiger partial charge in [0.25, 0.3) is 0 Å². The minimum Gasteiger partial charge on any atom is -0.497 e. The first-order valence-corrected chi connectivity index (χ1v) is 9.40. The van der Waals surface area contributed by atoms with E-state index < -0.39 is 12.9 Å². The predicted molar refractivity (Wildman–Crippen MR) is 108 cm³/mol. The topological polar surface area (TPSA) is 54.5 Å². The Hall–Kier alpha value is -3.16. The van der Waals surface area contributed by atoms with Crippen LogP contribution >= 0.6 is 0 Å². The number of ether oxygens (including phenoxy) is 1. The highest BCUT2D eigenvalue weighted by Gasteiger charge is 2.54. The lowest BCUT2D eigenvalue weighted by molar-refractivity contribution is -0.362. The number of aliphatic carboxylic acids is 1. The smallest absolute Gasteiger partial charge is 0.497 e. The molecule has 0 aliphatic carbocycles. The van der Waals surface area contributed by atoms with Crippen LogP contribution in [-0.2, 0) is 4.79 Å². The van der Waals surface area contributed by atoms with E-state index in [-0.39, 0.29) is 12.8 Å². The van der Waals surface area contributed by atoms with Gasteiger partial charge in [-0.15, -0.1) is 0 Å². The summed E-state index contributed by atoms with van der Waals surface area (Å²) in [5, 5.41) is 9.00. The van der Waals surface area contributed by atoms with Crippen molar-refractivity contribution in [2.45, 2.75) is 26.7 Å². The standard InChI is InChI=1S/C21H21BF2N2O3/c1-13-18(9-11-21(27)28)14(2)25-20(13)12-16-6-10-19(26(16)22(25,23)24)15-4-7-17(29-3)8-5-15/h4-8,10,12H,9,11H2,1-3H3,(H,27,28). The van der Waals surface area contributed by atoms with Crippen molar-refractivity contribution in [1.82, 2.24) is 4.48 Å². The normalized spacial score (nSPS) is 17.2. The zero-order valence-corrected chi connectivity index (χ0v) is 16.4. The van der Waals surface area contributed by atoms with E-state index in [1.807, 2.05) is 0 Å². The molecule has 0 atom stereocenters. The van der Waals surface area contributed by atoms with Crippen LogP contribution in [0, 0.1) is 0 Å². The number of carbonyl (C=O) groups is 1. The number of hydrogen-bond donors (Lipinski definition) is 1. The van der Waals surface area contributed by atoms with E-state index in [0.29, 0.717) is 45.3 Å². The van der Waals surface area contributed by atoms with Crippen LogP contribution in [0.5, 0.6) is 5.75 Å². The van der Waals surface area contributed by atoms with E-state index in [4.69, 9.17) is 9.84 Å². The minimum absolute atomic E-state index is 0.0902. The summed E-state index contributed by atoms with van der Waals surface area (Å²) in [6, 6.07) is 10.4. The molecule has 29 heavy (non-hydrogen) atoms. The molecular formula is C21H21BF2N2O3. The van der Waals surface area contributed by atoms with Gasteiger partial charge in [0.05, 0.1) is 7.11 Å². The van der Waals surface area contributed by atoms with Crippen LogP contribution in [0.4, 0.5) is 8.63 Å². The first kappa shape index (κ1) is 19.2. The van der Waals surface area contributed by atoms with Crippen molar-refractivity contribution in [2.24, 2.45) is 0 Å². The molecule has 1 N–H and O–H groups in total. The Morgan fingerprint density at radius 2 is 1.86 bits per heavy atom. The molecule has 0 fully saturated rings. The number of methoxy groups -OCH3 is 1. The molecule has 0 saturated carbocycles. The van der Waals surface area contributed by atoms with Gasteiger partial charge >= 0.3 is 12.9 Å². The number of halogens is 2. The van der Waals surface area contributed by atoms with E-state index in [9.17, 15) is 4.79 Å². The molecule has 8 heteroatoms. The fraction of sp³-hybridized carbons (Fsp3) is 0.238. The van der Waals surface area contributed by atoms with Crippen LogP contribution in [0.3, 0.4) is 0 Å². The van der Waals surface area contributed by atoms with E-state index in [2.05, 4.69) is 0 Å². The molecule has 5 nitrogen and oxygen atoms in total. The SMILES string of the molecule is COc1ccc(-c2ccc3n2[B-](F)(F)[N+]2=C(C)C(CCC(=O)O)=C(C)C2=C3)cc1. The predicted octanol–water partition coefficient (Wildman–Crippen LogP) is 4.41. The zero-order valence-electron chi connectivity index (χ0n) is 16.4. The van der Waals surface area contributed by atoms with Crippen LogP contribution in [0.15, 0.2) is 53.2 Å². The molecule has 1 aromatic carbocycles. The van der Waals surface area contributed by atoms with Crippen LogP contribution in [0.2, 0.25) is 0 Å². The summed E-state index contributed by atoms with van der Waals surface area (Å²) in [4.78, 5) is 11.0. The first-order valence-electron chi connectivity index (χ1n) is 9.40. The molecule has 0 radical (unpaired) electrons. The monoisotopic (exact) mass is 398 g/mol. The third kappa shape index (κ3) is 2.90. The number of hydrogen-bond acceptors (Lipinski definition) is 2. The van der Waals surface area contributed by atoms with Gasteiger partial charge in [0.1, 0.15) is 11.5 Å². The summed E-state index contributed by atoms with van der Waals surface area (Å²) in [5.41, 5.74) is 3.77. The number of rotatable bonds is 5. The highest BCUT2D eigenvalue weighted by molar-refractivity contribution is 6.58. The Morgan fingerprint density at radius 3 is 2.48 bits per heavy atom. The number of nitrogens with zero attached hydrogens (tertiary/aromatic N) is 2. The quantitative estimate of drug-likeness (QED) is 0.760. The molecule has 0 unspecified atom stereocenters. The molecular weight excluding hydrogens is 377 g/mol. The molecule has 0 bridgehead atoms. The molecule has 150 valence electrons. The van der Waals surface area contributed by atoms with Crippen LogP contribution in [-0.4, -0.2) is 39.8 Å². The largest absolute Gasteiger partial charge is 0.737 e. The fourth-order valence-corrected chi connectivity index (χ4v) is 4.29. The third-order valence-electron chi connectivity index (χ3n) is 5.72. The summed E-state index contributed by atoms with van der Waals surface area (Å²) >= 11 is 0. The maximum absolute atomic E-state index is 15.8. The Morgan fingerprint density at radius 1 is 1.17 bits per heavy atom. The molecule has 1 aromatic heterocycles. The van der Waals surface area contributed by atoms with Gasteiger partial charge in [-0.2, -0.15) is 0 Å². The van der Waals surface area contributed by atoms with Gasteiger partial charge in [0.2, 0.25) is 0 Å². The number of benzene rings is 1. The van der Waals surface area contributed by atoms with E-state index in [1.54, 1.807) is 63.4 Å². The van der Waals surface area contributed by atoms with Gasteiger partial charge < -0.3 is 27.4 Å². The summed E-state index contributed by atoms with van der Waals surface area (Å²) in [5.74, 6) is -0.285. The number of carboxylic acids is 1. The summed E-state index contributed by atoms with van der Waals surface area (Å²) < 4.78 is 38.9. The molecule has 0 saturated heterocycles. The van der Waals surface area contributed by atoms with E-state index in [0.717, 1.165) is 8.96 Å². The molecule has 2 aliphatic rings. The molecule has 0 amide bonds. The summed E-state index contributed by atoms with van der Waals surface area (Å²) in [7, 11) is 1.56. The lowest BCUT2D eigenvalue weighted by Gasteiger charge is -2.31. The van der Waals surface area contributed by atoms with E-state index >= 15 is 8.63 Å². The molecule has 0 spiro atoms. The highest BCUT2D eigenvalue weighted by atomic mass is 19.2. The maximum Gasteiger partial charge on any atom is 0.737 e. The van der Waals surface area contributed by atoms with Gasteiger partial charge in [0.15, 0.2) is 5.70 Å². The first-order chi connectivity index (χ1) is 13.8. The maximum atomic E-state index is 15.8. The van der Waals surface area contributed by atoms with Gasteiger partial charge in [-0.25, -0.2) is 0 Å². The molecule has 2 aromatic rings. The zero-order chi connectivity index (χ0) is 20.9. The van der Waals surface area contributed by atoms with Gasteiger partial charge in [-0.1, -0.05) is 0 Å². The summed E-state index contributed by atoms with van der Waals surface area (Å²) in [6.45, 7) is -0.714. The Labute approximate surface area is 167 Å². The molecule has 2 aliphatic heterocycles. The van der Waals surface area contributed by atoms with Crippen molar-refractivity contribution in [3.8, 4) is 17.0 Å². The van der Waals surface area contributed by atoms with E-state index in [1.165, 1.54) is 0 Å². The average molecular weight is 398 g/mol. The lowest BCUT2D eigenvalue weighted by atomic mass is 9.89. The van der Waals surface area contributed by atoms with Crippen LogP contribution in [0.1, 0.15) is 32.4 Å². The number of fused-ring (bicyclic) bond motifs is 2. The lowest BCUT2D eigenvalue weighted by Crippen LogP contribution is -2.50. The third-order valence-corrected chi connectivity index (χ3v) is 5.72. The van der Waals surface area contributed by atoms with Crippen molar-refractivity contribution in [3.05, 3.63) is 58.9 Å². The van der Waals surface area contributed by atoms with Crippen molar-refractivity contribution in [1.29, 1.82) is 0 Å². The summed E-state index contributed by atoms with van der Waals surface area (Å²) in [6.07, 6.45) is 1.89. The van der Waals surface area contributed by atoms with Crippen LogP contribution in [0.25, 0.3) is 17.3 Å². The Balaban J connectivity index is 1.83. The number of aromatic nitrogens is 1. The molecule has 3 heterocycles. The Bertz CT molecular complexity index is 1110. The van der Waals surface area contributed by atoms with Crippen molar-refractivity contribution in [3.63, 3.8) is 0 Å². The minimum atomic E-state index is -4.13. The second-order valence-electron chi connectivity index (χ2n) is 7.31. The fourth-order valence-electron chi connectivity index (χ4n) is 4.29. The van der Waals surface area contributed by atoms with Gasteiger partial charge in [-0.3, -0.25) is 4.79 Å². The van der Waals surface area contributed by atoms with Crippen molar-refractivity contribution < 1.29 is 27.8 Å².